The Hall–Kier alpha value is -2.20. The molecular formula is C17H16FNO2. The van der Waals surface area contributed by atoms with E-state index in [-0.39, 0.29) is 5.91 Å². The van der Waals surface area contributed by atoms with Gasteiger partial charge >= 0.3 is 0 Å². The molecule has 4 heteroatoms. The second kappa shape index (κ2) is 5.30. The average molecular weight is 285 g/mol. The number of amides is 1. The van der Waals surface area contributed by atoms with Crippen molar-refractivity contribution in [3.8, 4) is 0 Å². The van der Waals surface area contributed by atoms with Crippen LogP contribution in [0.5, 0.6) is 0 Å². The lowest BCUT2D eigenvalue weighted by molar-refractivity contribution is 0.0969. The number of aliphatic hydroxyl groups is 1. The zero-order chi connectivity index (χ0) is 15.0. The van der Waals surface area contributed by atoms with Gasteiger partial charge in [0, 0.05) is 23.4 Å². The number of benzene rings is 2. The Balaban J connectivity index is 2.03. The van der Waals surface area contributed by atoms with Crippen molar-refractivity contribution in [2.75, 3.05) is 11.4 Å². The number of carbonyl (C=O) groups excluding carboxylic acids is 1. The molecule has 21 heavy (non-hydrogen) atoms. The Morgan fingerprint density at radius 1 is 1.29 bits per heavy atom. The predicted octanol–water partition coefficient (Wildman–Crippen LogP) is 3.22. The Bertz CT molecular complexity index is 699. The smallest absolute Gasteiger partial charge is 0.258 e. The number of rotatable bonds is 1. The number of para-hydroxylation sites is 1. The molecule has 0 saturated carbocycles. The second-order valence-electron chi connectivity index (χ2n) is 5.28. The van der Waals surface area contributed by atoms with Gasteiger partial charge in [-0.25, -0.2) is 4.39 Å². The van der Waals surface area contributed by atoms with Crippen LogP contribution in [0.15, 0.2) is 42.5 Å². The van der Waals surface area contributed by atoms with Crippen LogP contribution in [-0.4, -0.2) is 17.6 Å². The van der Waals surface area contributed by atoms with Crippen LogP contribution in [-0.2, 0) is 0 Å². The number of fused-ring (bicyclic) bond motifs is 1. The summed E-state index contributed by atoms with van der Waals surface area (Å²) in [4.78, 5) is 14.3. The summed E-state index contributed by atoms with van der Waals surface area (Å²) < 4.78 is 13.4. The molecule has 1 atom stereocenters. The molecule has 1 aliphatic heterocycles. The molecule has 2 aromatic rings. The topological polar surface area (TPSA) is 40.5 Å². The van der Waals surface area contributed by atoms with E-state index in [4.69, 9.17) is 0 Å². The van der Waals surface area contributed by atoms with Crippen LogP contribution >= 0.6 is 0 Å². The molecule has 3 rings (SSSR count). The van der Waals surface area contributed by atoms with Crippen molar-refractivity contribution >= 4 is 11.6 Å². The Morgan fingerprint density at radius 2 is 2.05 bits per heavy atom. The molecule has 3 nitrogen and oxygen atoms in total. The highest BCUT2D eigenvalue weighted by atomic mass is 19.1. The molecule has 0 spiro atoms. The second-order valence-corrected chi connectivity index (χ2v) is 5.28. The van der Waals surface area contributed by atoms with Crippen LogP contribution in [0, 0.1) is 12.7 Å². The minimum Gasteiger partial charge on any atom is -0.388 e. The Kier molecular flexibility index (Phi) is 3.47. The minimum atomic E-state index is -0.557. The van der Waals surface area contributed by atoms with Gasteiger partial charge in [-0.2, -0.15) is 0 Å². The molecule has 2 aromatic carbocycles. The third kappa shape index (κ3) is 2.43. The van der Waals surface area contributed by atoms with Crippen molar-refractivity contribution in [1.29, 1.82) is 0 Å². The molecule has 108 valence electrons. The molecule has 1 unspecified atom stereocenters. The van der Waals surface area contributed by atoms with E-state index in [0.29, 0.717) is 24.2 Å². The van der Waals surface area contributed by atoms with Crippen LogP contribution in [0.4, 0.5) is 10.1 Å². The fourth-order valence-electron chi connectivity index (χ4n) is 2.72. The molecule has 1 aliphatic rings. The molecule has 0 aliphatic carbocycles. The number of aliphatic hydroxyl groups excluding tert-OH is 1. The maximum Gasteiger partial charge on any atom is 0.258 e. The van der Waals surface area contributed by atoms with Gasteiger partial charge in [-0.1, -0.05) is 24.3 Å². The lowest BCUT2D eigenvalue weighted by Crippen LogP contribution is -2.37. The van der Waals surface area contributed by atoms with Crippen molar-refractivity contribution in [2.45, 2.75) is 19.4 Å². The highest BCUT2D eigenvalue weighted by Gasteiger charge is 2.28. The van der Waals surface area contributed by atoms with Gasteiger partial charge in [0.2, 0.25) is 0 Å². The Morgan fingerprint density at radius 3 is 2.86 bits per heavy atom. The van der Waals surface area contributed by atoms with Crippen molar-refractivity contribution in [1.82, 2.24) is 0 Å². The normalized spacial score (nSPS) is 17.5. The molecule has 0 fully saturated rings. The monoisotopic (exact) mass is 285 g/mol. The van der Waals surface area contributed by atoms with Crippen LogP contribution in [0.1, 0.15) is 34.0 Å². The fourth-order valence-corrected chi connectivity index (χ4v) is 2.72. The molecule has 0 aromatic heterocycles. The molecule has 0 saturated heterocycles. The van der Waals surface area contributed by atoms with Crippen molar-refractivity contribution in [3.63, 3.8) is 0 Å². The number of hydrogen-bond donors (Lipinski definition) is 1. The lowest BCUT2D eigenvalue weighted by Gasteiger charge is -2.32. The summed E-state index contributed by atoms with van der Waals surface area (Å²) >= 11 is 0. The van der Waals surface area contributed by atoms with Crippen LogP contribution in [0.25, 0.3) is 0 Å². The van der Waals surface area contributed by atoms with Gasteiger partial charge in [0.25, 0.3) is 5.91 Å². The number of hydrogen-bond acceptors (Lipinski definition) is 2. The Labute approximate surface area is 122 Å². The van der Waals surface area contributed by atoms with Crippen LogP contribution in [0.2, 0.25) is 0 Å². The number of halogens is 1. The van der Waals surface area contributed by atoms with Gasteiger partial charge in [-0.3, -0.25) is 4.79 Å². The zero-order valence-electron chi connectivity index (χ0n) is 11.7. The van der Waals surface area contributed by atoms with E-state index in [1.54, 1.807) is 17.9 Å². The van der Waals surface area contributed by atoms with Crippen molar-refractivity contribution in [2.24, 2.45) is 0 Å². The van der Waals surface area contributed by atoms with Crippen molar-refractivity contribution < 1.29 is 14.3 Å². The quantitative estimate of drug-likeness (QED) is 0.874. The summed E-state index contributed by atoms with van der Waals surface area (Å²) in [6.07, 6.45) is -0.0734. The van der Waals surface area contributed by atoms with Gasteiger partial charge in [-0.15, -0.1) is 0 Å². The van der Waals surface area contributed by atoms with Gasteiger partial charge in [0.15, 0.2) is 0 Å². The minimum absolute atomic E-state index is 0.230. The number of aryl methyl sites for hydroxylation is 1. The summed E-state index contributed by atoms with van der Waals surface area (Å²) in [6, 6.07) is 11.5. The first-order chi connectivity index (χ1) is 10.1. The van der Waals surface area contributed by atoms with E-state index in [0.717, 1.165) is 11.1 Å². The summed E-state index contributed by atoms with van der Waals surface area (Å²) in [7, 11) is 0. The maximum atomic E-state index is 13.4. The highest BCUT2D eigenvalue weighted by molar-refractivity contribution is 6.07. The van der Waals surface area contributed by atoms with Crippen LogP contribution < -0.4 is 4.90 Å². The maximum absolute atomic E-state index is 13.4. The highest BCUT2D eigenvalue weighted by Crippen LogP contribution is 2.34. The summed E-state index contributed by atoms with van der Waals surface area (Å²) in [5.74, 6) is -0.652. The van der Waals surface area contributed by atoms with Crippen molar-refractivity contribution in [3.05, 3.63) is 65.0 Å². The number of anilines is 1. The molecule has 1 amide bonds. The van der Waals surface area contributed by atoms with E-state index in [9.17, 15) is 14.3 Å². The van der Waals surface area contributed by atoms with E-state index in [2.05, 4.69) is 0 Å². The molecular weight excluding hydrogens is 269 g/mol. The first kappa shape index (κ1) is 13.8. The van der Waals surface area contributed by atoms with E-state index < -0.39 is 11.9 Å². The zero-order valence-corrected chi connectivity index (χ0v) is 11.7. The summed E-state index contributed by atoms with van der Waals surface area (Å²) in [6.45, 7) is 2.21. The summed E-state index contributed by atoms with van der Waals surface area (Å²) in [5, 5.41) is 10.0. The third-order valence-corrected chi connectivity index (χ3v) is 3.89. The average Bonchev–Trinajstić information content (AvgIpc) is 2.50. The molecule has 1 N–H and O–H groups in total. The van der Waals surface area contributed by atoms with Gasteiger partial charge in [-0.05, 0) is 37.1 Å². The first-order valence-electron chi connectivity index (χ1n) is 6.93. The standard InChI is InChI=1S/C17H16FNO2/c1-11-6-7-12(18)10-14(11)17(21)19-9-8-16(20)13-4-2-3-5-15(13)19/h2-7,10,16,20H,8-9H2,1H3. The molecule has 1 heterocycles. The SMILES string of the molecule is Cc1ccc(F)cc1C(=O)N1CCC(O)c2ccccc21. The van der Waals surface area contributed by atoms with Gasteiger partial charge < -0.3 is 10.0 Å². The number of nitrogens with zero attached hydrogens (tertiary/aromatic N) is 1. The van der Waals surface area contributed by atoms with E-state index in [1.807, 2.05) is 24.3 Å². The lowest BCUT2D eigenvalue weighted by atomic mass is 9.97. The first-order valence-corrected chi connectivity index (χ1v) is 6.93. The third-order valence-electron chi connectivity index (χ3n) is 3.89. The largest absolute Gasteiger partial charge is 0.388 e. The van der Waals surface area contributed by atoms with Gasteiger partial charge in [0.05, 0.1) is 6.10 Å². The predicted molar refractivity (Wildman–Crippen MR) is 78.8 cm³/mol. The molecule has 0 radical (unpaired) electrons. The summed E-state index contributed by atoms with van der Waals surface area (Å²) in [5.41, 5.74) is 2.54. The van der Waals surface area contributed by atoms with E-state index >= 15 is 0 Å². The number of carbonyl (C=O) groups is 1. The fraction of sp³-hybridized carbons (Fsp3) is 0.235. The molecule has 0 bridgehead atoms. The van der Waals surface area contributed by atoms with Gasteiger partial charge in [0.1, 0.15) is 5.82 Å². The van der Waals surface area contributed by atoms with E-state index in [1.165, 1.54) is 12.1 Å². The van der Waals surface area contributed by atoms with Crippen LogP contribution in [0.3, 0.4) is 0 Å².